The zero-order chi connectivity index (χ0) is 25.3. The molecular formula is C30H42O4. The Hall–Kier alpha value is -1.97. The van der Waals surface area contributed by atoms with Gasteiger partial charge in [0.15, 0.2) is 5.78 Å². The number of ketones is 2. The average Bonchev–Trinajstić information content (AvgIpc) is 3.27. The van der Waals surface area contributed by atoms with Crippen LogP contribution in [0.1, 0.15) is 93.4 Å². The molecule has 34 heavy (non-hydrogen) atoms. The van der Waals surface area contributed by atoms with Crippen LogP contribution in [0.2, 0.25) is 0 Å². The smallest absolute Gasteiger partial charge is 0.331 e. The second kappa shape index (κ2) is 8.03. The molecule has 0 aromatic rings. The first-order chi connectivity index (χ1) is 15.7. The van der Waals surface area contributed by atoms with E-state index in [0.29, 0.717) is 30.5 Å². The van der Waals surface area contributed by atoms with Crippen molar-refractivity contribution in [2.75, 3.05) is 0 Å². The summed E-state index contributed by atoms with van der Waals surface area (Å²) >= 11 is 0. The lowest BCUT2D eigenvalue weighted by Crippen LogP contribution is -2.53. The number of carbonyl (C=O) groups is 3. The molecule has 6 unspecified atom stereocenters. The lowest BCUT2D eigenvalue weighted by atomic mass is 9.46. The molecule has 0 aromatic carbocycles. The van der Waals surface area contributed by atoms with Crippen molar-refractivity contribution in [3.8, 4) is 0 Å². The Morgan fingerprint density at radius 1 is 1.18 bits per heavy atom. The van der Waals surface area contributed by atoms with Gasteiger partial charge in [-0.25, -0.2) is 4.79 Å². The molecule has 0 heterocycles. The van der Waals surface area contributed by atoms with Crippen LogP contribution in [0.25, 0.3) is 0 Å². The Kier molecular flexibility index (Phi) is 5.94. The minimum atomic E-state index is -1.04. The number of Topliss-reactive ketones (excluding diaryl/α,β-unsaturated/α-hetero) is 1. The Labute approximate surface area is 205 Å². The summed E-state index contributed by atoms with van der Waals surface area (Å²) in [6.07, 6.45) is 12.4. The molecule has 0 aliphatic heterocycles. The van der Waals surface area contributed by atoms with Gasteiger partial charge in [0.2, 0.25) is 0 Å². The fraction of sp³-hybridized carbons (Fsp3) is 0.700. The molecule has 1 spiro atoms. The highest BCUT2D eigenvalue weighted by Crippen LogP contribution is 2.73. The quantitative estimate of drug-likeness (QED) is 0.361. The predicted molar refractivity (Wildman–Crippen MR) is 134 cm³/mol. The van der Waals surface area contributed by atoms with Gasteiger partial charge in [-0.1, -0.05) is 57.9 Å². The van der Waals surface area contributed by atoms with Crippen LogP contribution >= 0.6 is 0 Å². The molecule has 0 aromatic heterocycles. The van der Waals surface area contributed by atoms with Gasteiger partial charge in [0, 0.05) is 29.2 Å². The van der Waals surface area contributed by atoms with E-state index in [1.54, 1.807) is 5.57 Å². The summed E-state index contributed by atoms with van der Waals surface area (Å²) in [4.78, 5) is 36.8. The van der Waals surface area contributed by atoms with Crippen molar-refractivity contribution in [3.63, 3.8) is 0 Å². The maximum Gasteiger partial charge on any atom is 0.331 e. The molecule has 0 bridgehead atoms. The van der Waals surface area contributed by atoms with Crippen molar-refractivity contribution < 1.29 is 19.5 Å². The molecular weight excluding hydrogens is 424 g/mol. The zero-order valence-corrected chi connectivity index (χ0v) is 22.1. The highest BCUT2D eigenvalue weighted by Gasteiger charge is 2.65. The van der Waals surface area contributed by atoms with Crippen molar-refractivity contribution in [1.29, 1.82) is 0 Å². The van der Waals surface area contributed by atoms with Gasteiger partial charge in [0.05, 0.1) is 0 Å². The van der Waals surface area contributed by atoms with Crippen molar-refractivity contribution in [3.05, 3.63) is 34.9 Å². The van der Waals surface area contributed by atoms with Crippen molar-refractivity contribution in [2.45, 2.75) is 93.4 Å². The molecule has 2 saturated carbocycles. The van der Waals surface area contributed by atoms with Gasteiger partial charge in [-0.05, 0) is 80.6 Å². The van der Waals surface area contributed by atoms with Gasteiger partial charge >= 0.3 is 5.97 Å². The number of fused-ring (bicyclic) bond motifs is 4. The monoisotopic (exact) mass is 466 g/mol. The molecule has 186 valence electrons. The summed E-state index contributed by atoms with van der Waals surface area (Å²) in [5.74, 6) is 0.269. The molecule has 0 amide bonds. The Balaban J connectivity index is 1.70. The van der Waals surface area contributed by atoms with E-state index >= 15 is 0 Å². The molecule has 4 nitrogen and oxygen atoms in total. The summed E-state index contributed by atoms with van der Waals surface area (Å²) in [5, 5.41) is 9.17. The fourth-order valence-electron chi connectivity index (χ4n) is 8.80. The maximum atomic E-state index is 12.8. The van der Waals surface area contributed by atoms with Crippen LogP contribution in [-0.4, -0.2) is 22.6 Å². The number of carboxylic acids is 1. The summed E-state index contributed by atoms with van der Waals surface area (Å²) in [6, 6.07) is 0. The van der Waals surface area contributed by atoms with Crippen molar-refractivity contribution in [2.24, 2.45) is 39.4 Å². The number of carboxylic acid groups (broad SMARTS) is 1. The third-order valence-corrected chi connectivity index (χ3v) is 11.1. The van der Waals surface area contributed by atoms with E-state index in [9.17, 15) is 19.5 Å². The predicted octanol–water partition coefficient (Wildman–Crippen LogP) is 6.71. The second-order valence-corrected chi connectivity index (χ2v) is 12.8. The molecule has 4 rings (SSSR count). The van der Waals surface area contributed by atoms with E-state index in [0.717, 1.165) is 32.1 Å². The van der Waals surface area contributed by atoms with Crippen LogP contribution in [0.4, 0.5) is 0 Å². The lowest BCUT2D eigenvalue weighted by molar-refractivity contribution is -0.142. The molecule has 0 radical (unpaired) electrons. The van der Waals surface area contributed by atoms with Gasteiger partial charge in [-0.15, -0.1) is 0 Å². The fourth-order valence-corrected chi connectivity index (χ4v) is 8.80. The minimum absolute atomic E-state index is 0.0392. The van der Waals surface area contributed by atoms with Crippen molar-refractivity contribution in [1.82, 2.24) is 0 Å². The van der Waals surface area contributed by atoms with Crippen LogP contribution in [-0.2, 0) is 14.4 Å². The average molecular weight is 467 g/mol. The number of hydrogen-bond acceptors (Lipinski definition) is 3. The van der Waals surface area contributed by atoms with Gasteiger partial charge in [0.1, 0.15) is 5.78 Å². The number of rotatable bonds is 5. The van der Waals surface area contributed by atoms with E-state index in [-0.39, 0.29) is 38.9 Å². The third kappa shape index (κ3) is 3.27. The first kappa shape index (κ1) is 25.1. The zero-order valence-electron chi connectivity index (χ0n) is 22.1. The molecule has 4 heteroatoms. The van der Waals surface area contributed by atoms with E-state index in [2.05, 4.69) is 53.7 Å². The lowest BCUT2D eigenvalue weighted by Gasteiger charge is -2.57. The normalized spacial score (nSPS) is 39.9. The van der Waals surface area contributed by atoms with E-state index < -0.39 is 5.97 Å². The van der Waals surface area contributed by atoms with E-state index in [1.807, 2.05) is 0 Å². The number of hydrogen-bond donors (Lipinski definition) is 1. The maximum absolute atomic E-state index is 12.8. The molecule has 4 aliphatic rings. The van der Waals surface area contributed by atoms with Gasteiger partial charge in [-0.2, -0.15) is 0 Å². The molecule has 0 saturated heterocycles. The largest absolute Gasteiger partial charge is 0.478 e. The Bertz CT molecular complexity index is 1030. The highest BCUT2D eigenvalue weighted by atomic mass is 16.4. The first-order valence-corrected chi connectivity index (χ1v) is 13.1. The Morgan fingerprint density at radius 2 is 1.85 bits per heavy atom. The van der Waals surface area contributed by atoms with Crippen LogP contribution in [0.15, 0.2) is 34.9 Å². The molecule has 1 N–H and O–H groups in total. The first-order valence-electron chi connectivity index (χ1n) is 13.1. The summed E-state index contributed by atoms with van der Waals surface area (Å²) in [7, 11) is 0. The van der Waals surface area contributed by atoms with Crippen molar-refractivity contribution >= 4 is 17.5 Å². The summed E-state index contributed by atoms with van der Waals surface area (Å²) < 4.78 is 0. The number of allylic oxidation sites excluding steroid dienone is 5. The molecule has 6 atom stereocenters. The molecule has 4 aliphatic carbocycles. The van der Waals surface area contributed by atoms with E-state index in [1.165, 1.54) is 18.6 Å². The van der Waals surface area contributed by atoms with Crippen LogP contribution in [0, 0.1) is 39.4 Å². The Morgan fingerprint density at radius 3 is 2.50 bits per heavy atom. The topological polar surface area (TPSA) is 71.4 Å². The minimum Gasteiger partial charge on any atom is -0.478 e. The highest BCUT2D eigenvalue weighted by molar-refractivity contribution is 5.98. The van der Waals surface area contributed by atoms with Crippen LogP contribution in [0.3, 0.4) is 0 Å². The van der Waals surface area contributed by atoms with E-state index in [4.69, 9.17) is 0 Å². The number of aliphatic carboxylic acids is 1. The summed E-state index contributed by atoms with van der Waals surface area (Å²) in [6.45, 7) is 15.1. The standard InChI is InChI=1S/C30H42O4/c1-18(26(33)34)16-21(31)17-20(3)29(7)14-10-19(2)30(29)15-11-22-23(30)8-9-24-27(4,5)25(32)12-13-28(22,24)6/h8,10,16,20,22,24H,9,11-15,17H2,1-7H3,(H,33,34). The van der Waals surface area contributed by atoms with Gasteiger partial charge in [0.25, 0.3) is 0 Å². The van der Waals surface area contributed by atoms with Crippen LogP contribution < -0.4 is 0 Å². The number of carbonyl (C=O) groups excluding carboxylic acids is 2. The SMILES string of the molecule is CC(=CC(=O)CC(C)C1(C)CC=C(C)C12CCC1C2=CCC2C(C)(C)C(=O)CCC12C)C(=O)O. The van der Waals surface area contributed by atoms with Gasteiger partial charge < -0.3 is 5.11 Å². The summed E-state index contributed by atoms with van der Waals surface area (Å²) in [5.41, 5.74) is 2.85. The molecule has 2 fully saturated rings. The second-order valence-electron chi connectivity index (χ2n) is 12.8. The third-order valence-electron chi connectivity index (χ3n) is 11.1. The van der Waals surface area contributed by atoms with Crippen LogP contribution in [0.5, 0.6) is 0 Å². The van der Waals surface area contributed by atoms with Gasteiger partial charge in [-0.3, -0.25) is 9.59 Å².